The van der Waals surface area contributed by atoms with Crippen LogP contribution in [-0.4, -0.2) is 39.9 Å². The van der Waals surface area contributed by atoms with Gasteiger partial charge in [-0.1, -0.05) is 19.1 Å². The number of hydrogen-bond donors (Lipinski definition) is 1. The van der Waals surface area contributed by atoms with Gasteiger partial charge in [-0.15, -0.1) is 11.3 Å². The number of benzene rings is 1. The molecule has 2 aromatic heterocycles. The number of aromatic nitrogens is 2. The van der Waals surface area contributed by atoms with Gasteiger partial charge in [-0.2, -0.15) is 13.2 Å². The van der Waals surface area contributed by atoms with E-state index in [-0.39, 0.29) is 36.0 Å². The molecule has 2 atom stereocenters. The van der Waals surface area contributed by atoms with E-state index < -0.39 is 11.7 Å². The van der Waals surface area contributed by atoms with Crippen molar-refractivity contribution in [2.75, 3.05) is 18.4 Å². The zero-order valence-electron chi connectivity index (χ0n) is 18.7. The maximum absolute atomic E-state index is 13.6. The van der Waals surface area contributed by atoms with Crippen LogP contribution in [0.4, 0.5) is 23.4 Å². The van der Waals surface area contributed by atoms with Gasteiger partial charge in [0.15, 0.2) is 0 Å². The number of halogens is 4. The highest BCUT2D eigenvalue weighted by molar-refractivity contribution is 7.15. The minimum absolute atomic E-state index is 0.108. The van der Waals surface area contributed by atoms with Gasteiger partial charge in [0.2, 0.25) is 0 Å². The van der Waals surface area contributed by atoms with Crippen molar-refractivity contribution < 1.29 is 22.4 Å². The lowest BCUT2D eigenvalue weighted by atomic mass is 9.90. The Labute approximate surface area is 198 Å². The van der Waals surface area contributed by atoms with Gasteiger partial charge < -0.3 is 10.2 Å². The predicted octanol–water partition coefficient (Wildman–Crippen LogP) is 6.02. The number of alkyl halides is 3. The van der Waals surface area contributed by atoms with Crippen molar-refractivity contribution in [3.8, 4) is 10.4 Å². The van der Waals surface area contributed by atoms with Crippen LogP contribution in [0, 0.1) is 18.7 Å². The van der Waals surface area contributed by atoms with E-state index in [9.17, 15) is 22.4 Å². The van der Waals surface area contributed by atoms with E-state index in [4.69, 9.17) is 0 Å². The molecule has 0 spiro atoms. The molecule has 0 radical (unpaired) electrons. The van der Waals surface area contributed by atoms with Crippen LogP contribution in [0.3, 0.4) is 0 Å². The summed E-state index contributed by atoms with van der Waals surface area (Å²) in [5.74, 6) is -0.363. The molecule has 4 rings (SSSR count). The summed E-state index contributed by atoms with van der Waals surface area (Å²) >= 11 is 1.37. The molecule has 0 aliphatic carbocycles. The Hall–Kier alpha value is -3.01. The fraction of sp³-hybridized carbons (Fsp3) is 0.375. The average Bonchev–Trinajstić information content (AvgIpc) is 3.19. The second kappa shape index (κ2) is 9.69. The maximum atomic E-state index is 13.6. The summed E-state index contributed by atoms with van der Waals surface area (Å²) in [6, 6.07) is 7.57. The molecule has 1 aromatic carbocycles. The van der Waals surface area contributed by atoms with E-state index in [1.165, 1.54) is 23.5 Å². The minimum Gasteiger partial charge on any atom is -0.368 e. The van der Waals surface area contributed by atoms with Crippen LogP contribution in [0.5, 0.6) is 0 Å². The van der Waals surface area contributed by atoms with Gasteiger partial charge in [-0.3, -0.25) is 4.79 Å². The largest absolute Gasteiger partial charge is 0.416 e. The number of likely N-dealkylation sites (tertiary alicyclic amines) is 1. The Kier molecular flexibility index (Phi) is 6.88. The standard InChI is InChI=1S/C24H24F4N4OS/c1-14-4-3-11-32(19(14)13-30-20-12-17(9-10-29-20)24(26,27)28)23(33)21-22(34-15(2)31-21)16-5-7-18(25)8-6-16/h5-10,12,14,19H,3-4,11,13H2,1-2H3,(H,29,30)/t14-,19-/m0/s1. The predicted molar refractivity (Wildman–Crippen MR) is 123 cm³/mol. The third-order valence-corrected chi connectivity index (χ3v) is 7.02. The Balaban J connectivity index is 1.57. The Bertz CT molecular complexity index is 1160. The molecule has 10 heteroatoms. The molecule has 1 N–H and O–H groups in total. The quantitative estimate of drug-likeness (QED) is 0.442. The highest BCUT2D eigenvalue weighted by Crippen LogP contribution is 2.34. The van der Waals surface area contributed by atoms with Gasteiger partial charge in [-0.25, -0.2) is 14.4 Å². The molecule has 1 aliphatic heterocycles. The lowest BCUT2D eigenvalue weighted by Gasteiger charge is -2.40. The lowest BCUT2D eigenvalue weighted by Crippen LogP contribution is -2.51. The second-order valence-electron chi connectivity index (χ2n) is 8.41. The molecule has 1 fully saturated rings. The maximum Gasteiger partial charge on any atom is 0.416 e. The Morgan fingerprint density at radius 1 is 1.24 bits per heavy atom. The molecule has 0 unspecified atom stereocenters. The molecular weight excluding hydrogens is 468 g/mol. The highest BCUT2D eigenvalue weighted by atomic mass is 32.1. The summed E-state index contributed by atoms with van der Waals surface area (Å²) in [5, 5.41) is 3.70. The van der Waals surface area contributed by atoms with E-state index in [0.717, 1.165) is 36.2 Å². The molecule has 1 amide bonds. The second-order valence-corrected chi connectivity index (χ2v) is 9.61. The van der Waals surface area contributed by atoms with E-state index in [1.807, 2.05) is 13.8 Å². The summed E-state index contributed by atoms with van der Waals surface area (Å²) in [6.45, 7) is 4.62. The molecule has 3 aromatic rings. The number of rotatable bonds is 5. The number of amides is 1. The van der Waals surface area contributed by atoms with Crippen LogP contribution in [0.1, 0.15) is 40.8 Å². The van der Waals surface area contributed by atoms with Crippen LogP contribution in [0.15, 0.2) is 42.6 Å². The van der Waals surface area contributed by atoms with E-state index in [0.29, 0.717) is 22.7 Å². The van der Waals surface area contributed by atoms with Gasteiger partial charge in [0.05, 0.1) is 21.5 Å². The van der Waals surface area contributed by atoms with Crippen LogP contribution in [0.2, 0.25) is 0 Å². The fourth-order valence-electron chi connectivity index (χ4n) is 4.23. The fourth-order valence-corrected chi connectivity index (χ4v) is 5.15. The molecule has 5 nitrogen and oxygen atoms in total. The Morgan fingerprint density at radius 3 is 2.68 bits per heavy atom. The average molecular weight is 493 g/mol. The normalized spacial score (nSPS) is 18.7. The Morgan fingerprint density at radius 2 is 1.97 bits per heavy atom. The highest BCUT2D eigenvalue weighted by Gasteiger charge is 2.35. The van der Waals surface area contributed by atoms with Crippen molar-refractivity contribution in [1.29, 1.82) is 0 Å². The van der Waals surface area contributed by atoms with Gasteiger partial charge in [-0.05, 0) is 55.5 Å². The van der Waals surface area contributed by atoms with Gasteiger partial charge >= 0.3 is 6.18 Å². The van der Waals surface area contributed by atoms with Gasteiger partial charge in [0.25, 0.3) is 5.91 Å². The number of thiazole rings is 1. The number of anilines is 1. The van der Waals surface area contributed by atoms with Crippen molar-refractivity contribution in [2.24, 2.45) is 5.92 Å². The first-order chi connectivity index (χ1) is 16.1. The number of nitrogens with one attached hydrogen (secondary N) is 1. The van der Waals surface area contributed by atoms with Crippen molar-refractivity contribution in [3.63, 3.8) is 0 Å². The molecule has 0 saturated carbocycles. The van der Waals surface area contributed by atoms with Gasteiger partial charge in [0.1, 0.15) is 17.3 Å². The molecule has 3 heterocycles. The monoisotopic (exact) mass is 492 g/mol. The first-order valence-electron chi connectivity index (χ1n) is 10.9. The number of aryl methyl sites for hydroxylation is 1. The summed E-state index contributed by atoms with van der Waals surface area (Å²) in [6.07, 6.45) is -1.63. The SMILES string of the molecule is Cc1nc(C(=O)N2CCC[C@H](C)[C@@H]2CNc2cc(C(F)(F)F)ccn2)c(-c2ccc(F)cc2)s1. The number of piperidine rings is 1. The zero-order valence-corrected chi connectivity index (χ0v) is 19.5. The van der Waals surface area contributed by atoms with Crippen LogP contribution < -0.4 is 5.32 Å². The van der Waals surface area contributed by atoms with Crippen LogP contribution >= 0.6 is 11.3 Å². The van der Waals surface area contributed by atoms with Crippen LogP contribution in [0.25, 0.3) is 10.4 Å². The number of carbonyl (C=O) groups excluding carboxylic acids is 1. The first-order valence-corrected chi connectivity index (χ1v) is 11.8. The smallest absolute Gasteiger partial charge is 0.368 e. The molecule has 1 saturated heterocycles. The lowest BCUT2D eigenvalue weighted by molar-refractivity contribution is -0.137. The topological polar surface area (TPSA) is 58.1 Å². The molecule has 0 bridgehead atoms. The van der Waals surface area contributed by atoms with E-state index >= 15 is 0 Å². The zero-order chi connectivity index (χ0) is 24.5. The van der Waals surface area contributed by atoms with Crippen molar-refractivity contribution in [3.05, 3.63) is 64.7 Å². The molecule has 1 aliphatic rings. The third kappa shape index (κ3) is 5.22. The third-order valence-electron chi connectivity index (χ3n) is 6.00. The number of nitrogens with zero attached hydrogens (tertiary/aromatic N) is 3. The number of hydrogen-bond acceptors (Lipinski definition) is 5. The molecule has 34 heavy (non-hydrogen) atoms. The van der Waals surface area contributed by atoms with Crippen LogP contribution in [-0.2, 0) is 6.18 Å². The summed E-state index contributed by atoms with van der Waals surface area (Å²) < 4.78 is 52.5. The number of carbonyl (C=O) groups is 1. The van der Waals surface area contributed by atoms with E-state index in [1.54, 1.807) is 17.0 Å². The summed E-state index contributed by atoms with van der Waals surface area (Å²) in [7, 11) is 0. The van der Waals surface area contributed by atoms with E-state index in [2.05, 4.69) is 15.3 Å². The molecule has 180 valence electrons. The minimum atomic E-state index is -4.46. The van der Waals surface area contributed by atoms with Gasteiger partial charge in [0, 0.05) is 19.3 Å². The van der Waals surface area contributed by atoms with Crippen molar-refractivity contribution in [1.82, 2.24) is 14.9 Å². The van der Waals surface area contributed by atoms with Crippen molar-refractivity contribution >= 4 is 23.1 Å². The molecular formula is C24H24F4N4OS. The summed E-state index contributed by atoms with van der Waals surface area (Å²) in [5.41, 5.74) is 0.241. The summed E-state index contributed by atoms with van der Waals surface area (Å²) in [4.78, 5) is 24.5. The first kappa shape index (κ1) is 24.1. The van der Waals surface area contributed by atoms with Crippen molar-refractivity contribution in [2.45, 2.75) is 38.9 Å². The number of pyridine rings is 1.